The second-order valence-electron chi connectivity index (χ2n) is 10.6. The van der Waals surface area contributed by atoms with Crippen LogP contribution in [0.25, 0.3) is 11.3 Å². The van der Waals surface area contributed by atoms with Crippen molar-refractivity contribution in [3.8, 4) is 5.69 Å². The van der Waals surface area contributed by atoms with Crippen LogP contribution in [-0.4, -0.2) is 42.4 Å². The van der Waals surface area contributed by atoms with Crippen molar-refractivity contribution in [2.45, 2.75) is 39.2 Å². The Morgan fingerprint density at radius 3 is 2.67 bits per heavy atom. The van der Waals surface area contributed by atoms with Crippen LogP contribution in [0.15, 0.2) is 66.3 Å². The maximum atomic E-state index is 13.6. The Hall–Kier alpha value is -4.31. The number of pyridine rings is 1. The number of aromatic nitrogens is 4. The van der Waals surface area contributed by atoms with Crippen molar-refractivity contribution in [1.29, 1.82) is 0 Å². The van der Waals surface area contributed by atoms with Crippen molar-refractivity contribution in [1.82, 2.24) is 24.1 Å². The summed E-state index contributed by atoms with van der Waals surface area (Å²) in [6.07, 6.45) is 4.02. The molecule has 0 saturated carbocycles. The lowest BCUT2D eigenvalue weighted by Gasteiger charge is -2.27. The molecule has 0 bridgehead atoms. The highest BCUT2D eigenvalue weighted by Crippen LogP contribution is 2.31. The molecule has 0 spiro atoms. The number of fused-ring (bicyclic) bond motifs is 2. The Morgan fingerprint density at radius 2 is 1.90 bits per heavy atom. The maximum Gasteiger partial charge on any atom is 0.272 e. The van der Waals surface area contributed by atoms with E-state index in [9.17, 15) is 14.0 Å². The van der Waals surface area contributed by atoms with Crippen LogP contribution in [0.5, 0.6) is 0 Å². The van der Waals surface area contributed by atoms with E-state index in [1.807, 2.05) is 56.6 Å². The molecule has 0 aliphatic carbocycles. The Labute approximate surface area is 228 Å². The van der Waals surface area contributed by atoms with E-state index in [0.29, 0.717) is 42.3 Å². The van der Waals surface area contributed by atoms with Crippen molar-refractivity contribution in [2.24, 2.45) is 0 Å². The molecule has 39 heavy (non-hydrogen) atoms. The van der Waals surface area contributed by atoms with Crippen LogP contribution in [0.3, 0.4) is 0 Å². The number of amides is 2. The Morgan fingerprint density at radius 1 is 1.10 bits per heavy atom. The highest BCUT2D eigenvalue weighted by molar-refractivity contribution is 7.10. The number of imidazole rings is 1. The van der Waals surface area contributed by atoms with Crippen molar-refractivity contribution in [3.05, 3.63) is 99.5 Å². The SMILES string of the molecule is CC(C)(C)c1cc(NC(=O)c2csc3c2CCN(C(=O)c2cnc4ccccn24)C3)n(-c2ccc(F)cc2)n1. The number of carbonyl (C=O) groups is 2. The number of anilines is 1. The summed E-state index contributed by atoms with van der Waals surface area (Å²) in [6, 6.07) is 13.5. The molecule has 6 rings (SSSR count). The molecule has 8 nitrogen and oxygen atoms in total. The second-order valence-corrected chi connectivity index (χ2v) is 11.6. The highest BCUT2D eigenvalue weighted by atomic mass is 32.1. The third-order valence-corrected chi connectivity index (χ3v) is 7.92. The fraction of sp³-hybridized carbons (Fsp3) is 0.241. The molecule has 0 atom stereocenters. The summed E-state index contributed by atoms with van der Waals surface area (Å²) >= 11 is 1.48. The smallest absolute Gasteiger partial charge is 0.272 e. The van der Waals surface area contributed by atoms with Crippen LogP contribution in [0.4, 0.5) is 10.2 Å². The van der Waals surface area contributed by atoms with Crippen LogP contribution in [0, 0.1) is 5.82 Å². The van der Waals surface area contributed by atoms with E-state index >= 15 is 0 Å². The first-order valence-electron chi connectivity index (χ1n) is 12.7. The number of nitrogens with one attached hydrogen (secondary N) is 1. The van der Waals surface area contributed by atoms with Crippen molar-refractivity contribution in [3.63, 3.8) is 0 Å². The quantitative estimate of drug-likeness (QED) is 0.327. The number of benzene rings is 1. The molecule has 1 aliphatic heterocycles. The minimum atomic E-state index is -0.341. The molecule has 1 aromatic carbocycles. The topological polar surface area (TPSA) is 84.5 Å². The Bertz CT molecular complexity index is 1710. The van der Waals surface area contributed by atoms with Gasteiger partial charge in [0, 0.05) is 34.5 Å². The van der Waals surface area contributed by atoms with Gasteiger partial charge in [-0.2, -0.15) is 5.10 Å². The van der Waals surface area contributed by atoms with Gasteiger partial charge in [0.2, 0.25) is 0 Å². The number of nitrogens with zero attached hydrogens (tertiary/aromatic N) is 5. The fourth-order valence-corrected chi connectivity index (χ4v) is 5.84. The number of thiophene rings is 1. The first kappa shape index (κ1) is 25.0. The summed E-state index contributed by atoms with van der Waals surface area (Å²) in [4.78, 5) is 33.9. The molecular weight excluding hydrogens is 515 g/mol. The minimum Gasteiger partial charge on any atom is -0.332 e. The summed E-state index contributed by atoms with van der Waals surface area (Å²) in [5.41, 5.74) is 4.01. The van der Waals surface area contributed by atoms with E-state index in [-0.39, 0.29) is 23.0 Å². The Balaban J connectivity index is 1.24. The van der Waals surface area contributed by atoms with Gasteiger partial charge in [0.1, 0.15) is 23.0 Å². The first-order chi connectivity index (χ1) is 18.7. The van der Waals surface area contributed by atoms with Gasteiger partial charge in [-0.25, -0.2) is 14.1 Å². The summed E-state index contributed by atoms with van der Waals surface area (Å²) in [7, 11) is 0. The third-order valence-electron chi connectivity index (χ3n) is 6.91. The zero-order valence-corrected chi connectivity index (χ0v) is 22.6. The van der Waals surface area contributed by atoms with Crippen LogP contribution in [0.2, 0.25) is 0 Å². The predicted octanol–water partition coefficient (Wildman–Crippen LogP) is 5.47. The molecule has 10 heteroatoms. The first-order valence-corrected chi connectivity index (χ1v) is 13.6. The van der Waals surface area contributed by atoms with Gasteiger partial charge >= 0.3 is 0 Å². The lowest BCUT2D eigenvalue weighted by atomic mass is 9.92. The number of hydrogen-bond donors (Lipinski definition) is 1. The van der Waals surface area contributed by atoms with E-state index < -0.39 is 0 Å². The summed E-state index contributed by atoms with van der Waals surface area (Å²) in [6.45, 7) is 7.08. The maximum absolute atomic E-state index is 13.6. The Kier molecular flexibility index (Phi) is 6.06. The highest BCUT2D eigenvalue weighted by Gasteiger charge is 2.29. The van der Waals surface area contributed by atoms with Gasteiger partial charge < -0.3 is 10.2 Å². The van der Waals surface area contributed by atoms with Gasteiger partial charge in [-0.1, -0.05) is 26.8 Å². The van der Waals surface area contributed by atoms with Crippen molar-refractivity contribution in [2.75, 3.05) is 11.9 Å². The summed E-state index contributed by atoms with van der Waals surface area (Å²) in [5, 5.41) is 9.59. The molecule has 2 amide bonds. The zero-order valence-electron chi connectivity index (χ0n) is 21.8. The average molecular weight is 543 g/mol. The van der Waals surface area contributed by atoms with Crippen LogP contribution < -0.4 is 5.32 Å². The standard InChI is InChI=1S/C29H27FN6O2S/c1-29(2,3)24-14-26(36(33-24)19-9-7-18(30)8-10-19)32-27(37)21-17-39-23-16-34(13-11-20(21)23)28(38)22-15-31-25-6-4-5-12-35(22)25/h4-10,12,14-15,17H,11,13,16H2,1-3H3,(H,32,37). The van der Waals surface area contributed by atoms with Crippen molar-refractivity contribution >= 4 is 34.6 Å². The molecule has 0 unspecified atom stereocenters. The molecule has 0 saturated heterocycles. The molecule has 4 aromatic heterocycles. The van der Waals surface area contributed by atoms with Crippen molar-refractivity contribution < 1.29 is 14.0 Å². The van der Waals surface area contributed by atoms with Gasteiger partial charge in [0.25, 0.3) is 11.8 Å². The molecule has 1 N–H and O–H groups in total. The van der Waals surface area contributed by atoms with E-state index in [1.54, 1.807) is 32.3 Å². The van der Waals surface area contributed by atoms with Crippen LogP contribution in [0.1, 0.15) is 57.8 Å². The number of rotatable bonds is 4. The van der Waals surface area contributed by atoms with E-state index in [0.717, 1.165) is 21.8 Å². The molecule has 5 heterocycles. The van der Waals surface area contributed by atoms with E-state index in [2.05, 4.69) is 10.3 Å². The fourth-order valence-electron chi connectivity index (χ4n) is 4.74. The lowest BCUT2D eigenvalue weighted by molar-refractivity contribution is 0.0730. The van der Waals surface area contributed by atoms with E-state index in [4.69, 9.17) is 5.10 Å². The third kappa shape index (κ3) is 4.61. The molecule has 5 aromatic rings. The second kappa shape index (κ2) is 9.46. The number of carbonyl (C=O) groups excluding carboxylic acids is 2. The number of halogens is 1. The van der Waals surface area contributed by atoms with Gasteiger partial charge in [0.05, 0.1) is 29.7 Å². The normalized spacial score (nSPS) is 13.5. The van der Waals surface area contributed by atoms with Gasteiger partial charge in [-0.15, -0.1) is 11.3 Å². The van der Waals surface area contributed by atoms with Crippen LogP contribution in [-0.2, 0) is 18.4 Å². The predicted molar refractivity (Wildman–Crippen MR) is 148 cm³/mol. The van der Waals surface area contributed by atoms with Gasteiger partial charge in [-0.3, -0.25) is 14.0 Å². The van der Waals surface area contributed by atoms with Gasteiger partial charge in [0.15, 0.2) is 0 Å². The summed E-state index contributed by atoms with van der Waals surface area (Å²) < 4.78 is 17.0. The summed E-state index contributed by atoms with van der Waals surface area (Å²) in [5.74, 6) is -0.155. The average Bonchev–Trinajstić information content (AvgIpc) is 3.65. The molecule has 198 valence electrons. The zero-order chi connectivity index (χ0) is 27.3. The van der Waals surface area contributed by atoms with E-state index in [1.165, 1.54) is 23.5 Å². The molecule has 0 fully saturated rings. The van der Waals surface area contributed by atoms with Crippen LogP contribution >= 0.6 is 11.3 Å². The molecule has 0 radical (unpaired) electrons. The molecular formula is C29H27FN6O2S. The minimum absolute atomic E-state index is 0.0864. The monoisotopic (exact) mass is 542 g/mol. The molecule has 1 aliphatic rings. The lowest BCUT2D eigenvalue weighted by Crippen LogP contribution is -2.36. The largest absolute Gasteiger partial charge is 0.332 e. The van der Waals surface area contributed by atoms with Gasteiger partial charge in [-0.05, 0) is 48.4 Å². The number of hydrogen-bond acceptors (Lipinski definition) is 5.